The second-order valence-corrected chi connectivity index (χ2v) is 7.81. The van der Waals surface area contributed by atoms with Crippen LogP contribution in [0.1, 0.15) is 43.2 Å². The molecule has 166 valence electrons. The molecule has 1 aliphatic carbocycles. The fraction of sp³-hybridized carbons (Fsp3) is 0.250. The molecule has 4 nitrogen and oxygen atoms in total. The van der Waals surface area contributed by atoms with Gasteiger partial charge in [-0.1, -0.05) is 18.2 Å². The lowest BCUT2D eigenvalue weighted by Gasteiger charge is -2.35. The highest BCUT2D eigenvalue weighted by molar-refractivity contribution is 6.09. The van der Waals surface area contributed by atoms with Crippen molar-refractivity contribution in [2.24, 2.45) is 0 Å². The summed E-state index contributed by atoms with van der Waals surface area (Å²) >= 11 is 0. The highest BCUT2D eigenvalue weighted by atomic mass is 19.4. The predicted octanol–water partition coefficient (Wildman–Crippen LogP) is 5.45. The predicted molar refractivity (Wildman–Crippen MR) is 111 cm³/mol. The molecule has 1 atom stereocenters. The van der Waals surface area contributed by atoms with Gasteiger partial charge in [-0.15, -0.1) is 0 Å². The first-order valence-electron chi connectivity index (χ1n) is 10.1. The Labute approximate surface area is 182 Å². The van der Waals surface area contributed by atoms with Crippen molar-refractivity contribution in [3.63, 3.8) is 0 Å². The number of dihydropyridines is 1. The van der Waals surface area contributed by atoms with Gasteiger partial charge < -0.3 is 10.6 Å². The summed E-state index contributed by atoms with van der Waals surface area (Å²) in [6.07, 6.45) is -3.36. The summed E-state index contributed by atoms with van der Waals surface area (Å²) in [7, 11) is 0. The minimum atomic E-state index is -4.66. The highest BCUT2D eigenvalue weighted by Gasteiger charge is 2.43. The van der Waals surface area contributed by atoms with Gasteiger partial charge in [0.25, 0.3) is 5.91 Å². The number of hydrogen-bond acceptors (Lipinski definition) is 3. The lowest BCUT2D eigenvalue weighted by molar-refractivity contribution is -0.138. The van der Waals surface area contributed by atoms with E-state index in [1.807, 2.05) is 0 Å². The first kappa shape index (κ1) is 21.8. The average molecular weight is 444 g/mol. The van der Waals surface area contributed by atoms with E-state index < -0.39 is 29.4 Å². The van der Waals surface area contributed by atoms with E-state index in [4.69, 9.17) is 0 Å². The highest BCUT2D eigenvalue weighted by Crippen LogP contribution is 2.46. The molecular weight excluding hydrogens is 424 g/mol. The standard InChI is InChI=1S/C24H20F4N2O2/c1-13-20(23(32)30-15-11-9-14(25)10-12-15)21(22-18(29-13)7-4-8-19(22)31)16-5-2-3-6-17(16)24(26,27)28/h2-3,5-6,9-12,21,29H,4,7-8H2,1H3,(H,30,32)/t21-/m1/s1. The van der Waals surface area contributed by atoms with Crippen molar-refractivity contribution in [1.82, 2.24) is 5.32 Å². The van der Waals surface area contributed by atoms with Gasteiger partial charge in [-0.2, -0.15) is 13.2 Å². The monoisotopic (exact) mass is 444 g/mol. The fourth-order valence-corrected chi connectivity index (χ4v) is 4.33. The molecule has 32 heavy (non-hydrogen) atoms. The van der Waals surface area contributed by atoms with Gasteiger partial charge in [-0.05, 0) is 55.7 Å². The smallest absolute Gasteiger partial charge is 0.362 e. The molecule has 2 aliphatic rings. The molecule has 0 unspecified atom stereocenters. The maximum absolute atomic E-state index is 13.9. The van der Waals surface area contributed by atoms with E-state index in [0.29, 0.717) is 24.2 Å². The summed E-state index contributed by atoms with van der Waals surface area (Å²) in [4.78, 5) is 26.1. The van der Waals surface area contributed by atoms with Crippen molar-refractivity contribution < 1.29 is 27.2 Å². The van der Waals surface area contributed by atoms with Crippen molar-refractivity contribution in [1.29, 1.82) is 0 Å². The van der Waals surface area contributed by atoms with E-state index in [-0.39, 0.29) is 34.6 Å². The van der Waals surface area contributed by atoms with Gasteiger partial charge in [-0.25, -0.2) is 4.39 Å². The quantitative estimate of drug-likeness (QED) is 0.619. The third-order valence-corrected chi connectivity index (χ3v) is 5.70. The van der Waals surface area contributed by atoms with Crippen LogP contribution in [0.3, 0.4) is 0 Å². The number of nitrogens with one attached hydrogen (secondary N) is 2. The molecule has 2 N–H and O–H groups in total. The van der Waals surface area contributed by atoms with Crippen molar-refractivity contribution in [3.05, 3.63) is 88.0 Å². The third-order valence-electron chi connectivity index (χ3n) is 5.70. The van der Waals surface area contributed by atoms with Crippen molar-refractivity contribution in [3.8, 4) is 0 Å². The second kappa shape index (κ2) is 8.26. The van der Waals surface area contributed by atoms with Gasteiger partial charge in [-0.3, -0.25) is 9.59 Å². The van der Waals surface area contributed by atoms with Crippen molar-refractivity contribution in [2.75, 3.05) is 5.32 Å². The molecule has 0 spiro atoms. The topological polar surface area (TPSA) is 58.2 Å². The van der Waals surface area contributed by atoms with Crippen LogP contribution >= 0.6 is 0 Å². The summed E-state index contributed by atoms with van der Waals surface area (Å²) in [5, 5.41) is 5.69. The fourth-order valence-electron chi connectivity index (χ4n) is 4.33. The van der Waals surface area contributed by atoms with Gasteiger partial charge in [0, 0.05) is 40.6 Å². The number of rotatable bonds is 3. The largest absolute Gasteiger partial charge is 0.416 e. The Bertz CT molecular complexity index is 1150. The minimum absolute atomic E-state index is 0.0278. The summed E-state index contributed by atoms with van der Waals surface area (Å²) in [5.74, 6) is -2.59. The zero-order valence-corrected chi connectivity index (χ0v) is 17.1. The summed E-state index contributed by atoms with van der Waals surface area (Å²) in [6.45, 7) is 1.60. The van der Waals surface area contributed by atoms with Crippen LogP contribution in [0.4, 0.5) is 23.2 Å². The van der Waals surface area contributed by atoms with Gasteiger partial charge in [0.15, 0.2) is 5.78 Å². The Morgan fingerprint density at radius 2 is 1.75 bits per heavy atom. The maximum atomic E-state index is 13.9. The van der Waals surface area contributed by atoms with E-state index >= 15 is 0 Å². The van der Waals surface area contributed by atoms with Crippen LogP contribution in [0.15, 0.2) is 71.1 Å². The number of anilines is 1. The number of hydrogen-bond donors (Lipinski definition) is 2. The Kier molecular flexibility index (Phi) is 5.62. The van der Waals surface area contributed by atoms with Crippen LogP contribution in [0.25, 0.3) is 0 Å². The second-order valence-electron chi connectivity index (χ2n) is 7.81. The third kappa shape index (κ3) is 4.04. The number of halogens is 4. The summed E-state index contributed by atoms with van der Waals surface area (Å²) < 4.78 is 54.8. The van der Waals surface area contributed by atoms with E-state index in [1.165, 1.54) is 30.3 Å². The molecule has 4 rings (SSSR count). The molecule has 0 saturated carbocycles. The number of alkyl halides is 3. The summed E-state index contributed by atoms with van der Waals surface area (Å²) in [6, 6.07) is 10.0. The van der Waals surface area contributed by atoms with Gasteiger partial charge in [0.1, 0.15) is 5.82 Å². The number of allylic oxidation sites excluding steroid dienone is 3. The zero-order chi connectivity index (χ0) is 23.0. The first-order chi connectivity index (χ1) is 15.2. The molecular formula is C24H20F4N2O2. The van der Waals surface area contributed by atoms with Crippen LogP contribution in [-0.4, -0.2) is 11.7 Å². The summed E-state index contributed by atoms with van der Waals surface area (Å²) in [5.41, 5.74) is 0.404. The molecule has 1 heterocycles. The van der Waals surface area contributed by atoms with Crippen LogP contribution in [-0.2, 0) is 15.8 Å². The molecule has 0 aromatic heterocycles. The van der Waals surface area contributed by atoms with Crippen LogP contribution in [0.2, 0.25) is 0 Å². The molecule has 0 radical (unpaired) electrons. The molecule has 1 amide bonds. The van der Waals surface area contributed by atoms with E-state index in [0.717, 1.165) is 18.2 Å². The lowest BCUT2D eigenvalue weighted by atomic mass is 9.73. The van der Waals surface area contributed by atoms with E-state index in [2.05, 4.69) is 10.6 Å². The average Bonchev–Trinajstić information content (AvgIpc) is 2.74. The molecule has 8 heteroatoms. The van der Waals surface area contributed by atoms with Crippen LogP contribution < -0.4 is 10.6 Å². The van der Waals surface area contributed by atoms with Gasteiger partial charge in [0.2, 0.25) is 0 Å². The lowest BCUT2D eigenvalue weighted by Crippen LogP contribution is -2.36. The number of carbonyl (C=O) groups is 2. The molecule has 0 fully saturated rings. The van der Waals surface area contributed by atoms with Crippen LogP contribution in [0.5, 0.6) is 0 Å². The molecule has 1 aliphatic heterocycles. The Morgan fingerprint density at radius 1 is 1.06 bits per heavy atom. The Balaban J connectivity index is 1.86. The minimum Gasteiger partial charge on any atom is -0.362 e. The maximum Gasteiger partial charge on any atom is 0.416 e. The van der Waals surface area contributed by atoms with Gasteiger partial charge in [0.05, 0.1) is 5.56 Å². The van der Waals surface area contributed by atoms with E-state index in [1.54, 1.807) is 6.92 Å². The number of Topliss-reactive ketones (excluding diaryl/α,β-unsaturated/α-hetero) is 1. The normalized spacial score (nSPS) is 18.9. The molecule has 2 aromatic rings. The Hall–Kier alpha value is -3.42. The van der Waals surface area contributed by atoms with Crippen LogP contribution in [0, 0.1) is 5.82 Å². The molecule has 0 saturated heterocycles. The number of carbonyl (C=O) groups excluding carboxylic acids is 2. The van der Waals surface area contributed by atoms with E-state index in [9.17, 15) is 27.2 Å². The SMILES string of the molecule is CC1=C(C(=O)Nc2ccc(F)cc2)[C@@H](c2ccccc2C(F)(F)F)C2=C(CCCC2=O)N1. The number of ketones is 1. The van der Waals surface area contributed by atoms with Gasteiger partial charge >= 0.3 is 6.18 Å². The van der Waals surface area contributed by atoms with Crippen molar-refractivity contribution >= 4 is 17.4 Å². The van der Waals surface area contributed by atoms with Crippen molar-refractivity contribution in [2.45, 2.75) is 38.3 Å². The Morgan fingerprint density at radius 3 is 2.44 bits per heavy atom. The zero-order valence-electron chi connectivity index (χ0n) is 17.1. The number of benzene rings is 2. The first-order valence-corrected chi connectivity index (χ1v) is 10.1. The number of amides is 1. The molecule has 0 bridgehead atoms. The molecule has 2 aromatic carbocycles.